The molecule has 0 aromatic heterocycles. The van der Waals surface area contributed by atoms with Crippen molar-refractivity contribution in [2.75, 3.05) is 12.9 Å². The second-order valence-corrected chi connectivity index (χ2v) is 4.42. The molecule has 0 amide bonds. The van der Waals surface area contributed by atoms with Crippen LogP contribution in [0.25, 0.3) is 0 Å². The summed E-state index contributed by atoms with van der Waals surface area (Å²) >= 11 is 0. The summed E-state index contributed by atoms with van der Waals surface area (Å²) in [5.74, 6) is 0.781. The molecule has 0 heterocycles. The van der Waals surface area contributed by atoms with Crippen LogP contribution in [-0.4, -0.2) is 23.2 Å². The first-order chi connectivity index (χ1) is 4.57. The summed E-state index contributed by atoms with van der Waals surface area (Å²) in [6, 6.07) is 0. The fourth-order valence-electron chi connectivity index (χ4n) is 0.662. The minimum atomic E-state index is -1.27. The maximum atomic E-state index is 10.5. The van der Waals surface area contributed by atoms with Gasteiger partial charge in [-0.05, 0) is 16.6 Å². The van der Waals surface area contributed by atoms with Gasteiger partial charge in [0.05, 0.1) is 11.9 Å². The van der Waals surface area contributed by atoms with E-state index in [1.54, 1.807) is 7.11 Å². The van der Waals surface area contributed by atoms with Crippen LogP contribution in [0, 0.1) is 5.92 Å². The van der Waals surface area contributed by atoms with Crippen molar-refractivity contribution >= 4 is 20.7 Å². The Hall–Kier alpha value is 0.400. The van der Waals surface area contributed by atoms with E-state index in [1.165, 1.54) is 0 Å². The van der Waals surface area contributed by atoms with Crippen molar-refractivity contribution in [3.05, 3.63) is 0 Å². The highest BCUT2D eigenvalue weighted by Crippen LogP contribution is 2.08. The maximum Gasteiger partial charge on any atom is 0.117 e. The fourth-order valence-corrected chi connectivity index (χ4v) is 1.81. The topological polar surface area (TPSA) is 26.3 Å². The molecule has 62 valence electrons. The van der Waals surface area contributed by atoms with Crippen LogP contribution in [0.2, 0.25) is 0 Å². The average Bonchev–Trinajstić information content (AvgIpc) is 1.81. The Labute approximate surface area is 68.9 Å². The average molecular weight is 185 g/mol. The van der Waals surface area contributed by atoms with Gasteiger partial charge in [-0.15, -0.1) is 0 Å². The summed E-state index contributed by atoms with van der Waals surface area (Å²) in [6.07, 6.45) is 0.0123. The third kappa shape index (κ3) is 4.25. The lowest BCUT2D eigenvalue weighted by atomic mass is 10.1. The molecule has 2 atom stereocenters. The molecule has 4 heteroatoms. The van der Waals surface area contributed by atoms with Gasteiger partial charge in [-0.2, -0.15) is 0 Å². The first kappa shape index (κ1) is 10.4. The Kier molecular flexibility index (Phi) is 5.31. The van der Waals surface area contributed by atoms with Crippen LogP contribution in [0.3, 0.4) is 0 Å². The second-order valence-electron chi connectivity index (χ2n) is 2.47. The normalized spacial score (nSPS) is 17.3. The number of hydrogen-bond donors (Lipinski definition) is 0. The minimum absolute atomic E-state index is 0.0123. The van der Waals surface area contributed by atoms with Crippen molar-refractivity contribution in [3.63, 3.8) is 0 Å². The summed E-state index contributed by atoms with van der Waals surface area (Å²) in [5, 5.41) is 0. The van der Waals surface area contributed by atoms with Crippen LogP contribution < -0.4 is 0 Å². The Balaban J connectivity index is 3.71. The van der Waals surface area contributed by atoms with Gasteiger partial charge in [-0.1, -0.05) is 13.8 Å². The first-order valence-electron chi connectivity index (χ1n) is 3.15. The monoisotopic (exact) mass is 184 g/mol. The Morgan fingerprint density at radius 3 is 2.20 bits per heavy atom. The number of halogens is 1. The summed E-state index contributed by atoms with van der Waals surface area (Å²) in [6.45, 7) is 4.02. The van der Waals surface area contributed by atoms with E-state index >= 15 is 0 Å². The number of hydrogen-bond acceptors (Lipinski definition) is 2. The van der Waals surface area contributed by atoms with Gasteiger partial charge in [0, 0.05) is 7.11 Å². The van der Waals surface area contributed by atoms with Crippen molar-refractivity contribution in [2.24, 2.45) is 5.92 Å². The van der Waals surface area contributed by atoms with Gasteiger partial charge in [0.1, 0.15) is 10.0 Å². The molecular formula is C6H13ClO2S. The highest BCUT2D eigenvalue weighted by Gasteiger charge is 2.14. The molecule has 2 nitrogen and oxygen atoms in total. The molecule has 0 aromatic rings. The van der Waals surface area contributed by atoms with Crippen molar-refractivity contribution in [1.82, 2.24) is 0 Å². The van der Waals surface area contributed by atoms with E-state index in [9.17, 15) is 4.21 Å². The molecule has 0 radical (unpaired) electrons. The molecule has 0 spiro atoms. The molecule has 0 fully saturated rings. The smallest absolute Gasteiger partial charge is 0.117 e. The zero-order valence-electron chi connectivity index (χ0n) is 6.46. The van der Waals surface area contributed by atoms with Crippen molar-refractivity contribution in [1.29, 1.82) is 0 Å². The third-order valence-electron chi connectivity index (χ3n) is 1.34. The van der Waals surface area contributed by atoms with Gasteiger partial charge in [0.2, 0.25) is 0 Å². The van der Waals surface area contributed by atoms with E-state index in [1.807, 2.05) is 13.8 Å². The molecule has 0 aliphatic heterocycles. The van der Waals surface area contributed by atoms with Crippen LogP contribution in [0.15, 0.2) is 0 Å². The summed E-state index contributed by atoms with van der Waals surface area (Å²) in [4.78, 5) is 0. The SMILES string of the molecule is COC(CS(=O)Cl)C(C)C. The van der Waals surface area contributed by atoms with Crippen molar-refractivity contribution < 1.29 is 8.95 Å². The van der Waals surface area contributed by atoms with E-state index in [-0.39, 0.29) is 6.10 Å². The molecule has 10 heavy (non-hydrogen) atoms. The summed E-state index contributed by atoms with van der Waals surface area (Å²) in [5.41, 5.74) is 0. The van der Waals surface area contributed by atoms with Gasteiger partial charge >= 0.3 is 0 Å². The van der Waals surface area contributed by atoms with Crippen LogP contribution >= 0.6 is 10.7 Å². The Morgan fingerprint density at radius 2 is 2.10 bits per heavy atom. The van der Waals surface area contributed by atoms with Gasteiger partial charge in [-0.25, -0.2) is 4.21 Å². The molecule has 0 N–H and O–H groups in total. The highest BCUT2D eigenvalue weighted by atomic mass is 35.7. The largest absolute Gasteiger partial charge is 0.380 e. The van der Waals surface area contributed by atoms with Crippen LogP contribution in [-0.2, 0) is 14.7 Å². The lowest BCUT2D eigenvalue weighted by Crippen LogP contribution is -2.23. The molecular weight excluding hydrogens is 172 g/mol. The van der Waals surface area contributed by atoms with Gasteiger partial charge in [0.25, 0.3) is 0 Å². The van der Waals surface area contributed by atoms with Crippen molar-refractivity contribution in [3.8, 4) is 0 Å². The lowest BCUT2D eigenvalue weighted by Gasteiger charge is -2.16. The predicted molar refractivity (Wildman–Crippen MR) is 44.5 cm³/mol. The van der Waals surface area contributed by atoms with Gasteiger partial charge < -0.3 is 4.74 Å². The molecule has 0 rings (SSSR count). The summed E-state index contributed by atoms with van der Waals surface area (Å²) in [7, 11) is 5.62. The van der Waals surface area contributed by atoms with E-state index in [2.05, 4.69) is 0 Å². The van der Waals surface area contributed by atoms with Crippen LogP contribution in [0.1, 0.15) is 13.8 Å². The standard InChI is InChI=1S/C6H13ClO2S/c1-5(2)6(9-3)4-10(7)8/h5-6H,4H2,1-3H3. The second kappa shape index (κ2) is 5.10. The van der Waals surface area contributed by atoms with E-state index < -0.39 is 10.0 Å². The van der Waals surface area contributed by atoms with Gasteiger partial charge in [-0.3, -0.25) is 0 Å². The Morgan fingerprint density at radius 1 is 1.60 bits per heavy atom. The maximum absolute atomic E-state index is 10.5. The number of methoxy groups -OCH3 is 1. The molecule has 2 unspecified atom stereocenters. The quantitative estimate of drug-likeness (QED) is 0.620. The molecule has 0 aliphatic carbocycles. The summed E-state index contributed by atoms with van der Waals surface area (Å²) < 4.78 is 15.6. The molecule has 0 saturated heterocycles. The molecule has 0 aromatic carbocycles. The van der Waals surface area contributed by atoms with Gasteiger partial charge in [0.15, 0.2) is 0 Å². The zero-order valence-corrected chi connectivity index (χ0v) is 8.04. The number of ether oxygens (including phenoxy) is 1. The van der Waals surface area contributed by atoms with E-state index in [0.717, 1.165) is 0 Å². The highest BCUT2D eigenvalue weighted by molar-refractivity contribution is 8.08. The van der Waals surface area contributed by atoms with E-state index in [0.29, 0.717) is 11.7 Å². The predicted octanol–water partition coefficient (Wildman–Crippen LogP) is 1.56. The molecule has 0 saturated carbocycles. The fraction of sp³-hybridized carbons (Fsp3) is 1.00. The van der Waals surface area contributed by atoms with Crippen molar-refractivity contribution in [2.45, 2.75) is 20.0 Å². The van der Waals surface area contributed by atoms with Crippen LogP contribution in [0.5, 0.6) is 0 Å². The third-order valence-corrected chi connectivity index (χ3v) is 2.31. The minimum Gasteiger partial charge on any atom is -0.380 e. The zero-order chi connectivity index (χ0) is 8.15. The van der Waals surface area contributed by atoms with Crippen LogP contribution in [0.4, 0.5) is 0 Å². The first-order valence-corrected chi connectivity index (χ1v) is 5.29. The van der Waals surface area contributed by atoms with E-state index in [4.69, 9.17) is 15.4 Å². The lowest BCUT2D eigenvalue weighted by molar-refractivity contribution is 0.0838. The molecule has 0 bridgehead atoms. The molecule has 0 aliphatic rings. The Bertz CT molecular complexity index is 116. The number of rotatable bonds is 4.